The lowest BCUT2D eigenvalue weighted by atomic mass is 9.84. The van der Waals surface area contributed by atoms with Crippen molar-refractivity contribution in [3.8, 4) is 6.07 Å². The minimum atomic E-state index is -2.99. The Morgan fingerprint density at radius 2 is 1.93 bits per heavy atom. The number of aromatic nitrogens is 2. The molecule has 4 rings (SSSR count). The molecule has 0 spiro atoms. The number of nitrogens with zero attached hydrogens (tertiary/aromatic N) is 5. The molecule has 2 bridgehead atoms. The molecule has 0 radical (unpaired) electrons. The number of nitrogens with one attached hydrogen (secondary N) is 1. The van der Waals surface area contributed by atoms with E-state index in [4.69, 9.17) is 5.26 Å². The van der Waals surface area contributed by atoms with Gasteiger partial charge in [-0.05, 0) is 38.7 Å². The highest BCUT2D eigenvalue weighted by atomic mass is 19.3. The molecule has 3 aliphatic heterocycles. The van der Waals surface area contributed by atoms with Crippen molar-refractivity contribution in [3.63, 3.8) is 0 Å². The third-order valence-electron chi connectivity index (χ3n) is 6.18. The number of rotatable bonds is 4. The van der Waals surface area contributed by atoms with Crippen LogP contribution in [0.2, 0.25) is 0 Å². The van der Waals surface area contributed by atoms with Gasteiger partial charge in [-0.3, -0.25) is 4.79 Å². The highest BCUT2D eigenvalue weighted by molar-refractivity contribution is 5.79. The van der Waals surface area contributed by atoms with Crippen molar-refractivity contribution < 1.29 is 13.6 Å². The number of anilines is 1. The number of hydrogen-bond acceptors (Lipinski definition) is 6. The fourth-order valence-electron chi connectivity index (χ4n) is 4.97. The fraction of sp³-hybridized carbons (Fsp3) is 0.684. The van der Waals surface area contributed by atoms with Gasteiger partial charge in [-0.25, -0.2) is 18.7 Å². The van der Waals surface area contributed by atoms with Gasteiger partial charge in [0.2, 0.25) is 11.9 Å². The second-order valence-electron chi connectivity index (χ2n) is 8.39. The van der Waals surface area contributed by atoms with Gasteiger partial charge in [0.25, 0.3) is 5.92 Å². The molecule has 1 aromatic heterocycles. The molecule has 1 unspecified atom stereocenters. The van der Waals surface area contributed by atoms with Crippen molar-refractivity contribution >= 4 is 11.9 Å². The summed E-state index contributed by atoms with van der Waals surface area (Å²) < 4.78 is 27.2. The van der Waals surface area contributed by atoms with E-state index in [0.29, 0.717) is 0 Å². The highest BCUT2D eigenvalue weighted by Crippen LogP contribution is 2.42. The van der Waals surface area contributed by atoms with Crippen LogP contribution < -0.4 is 10.2 Å². The summed E-state index contributed by atoms with van der Waals surface area (Å²) in [6, 6.07) is 3.14. The van der Waals surface area contributed by atoms with Crippen LogP contribution in [0.5, 0.6) is 0 Å². The Morgan fingerprint density at radius 1 is 1.29 bits per heavy atom. The SMILES string of the molecule is CC1(NCC(=O)N2CC(F)(F)CC2C#N)C[C@@H]2CC[C@@H](C1)N2c1ncccn1. The van der Waals surface area contributed by atoms with E-state index >= 15 is 0 Å². The van der Waals surface area contributed by atoms with E-state index in [9.17, 15) is 13.6 Å². The quantitative estimate of drug-likeness (QED) is 0.843. The van der Waals surface area contributed by atoms with Crippen LogP contribution in [0, 0.1) is 11.3 Å². The predicted octanol–water partition coefficient (Wildman–Crippen LogP) is 1.72. The van der Waals surface area contributed by atoms with E-state index in [1.165, 1.54) is 0 Å². The van der Waals surface area contributed by atoms with Gasteiger partial charge in [0, 0.05) is 36.4 Å². The van der Waals surface area contributed by atoms with Crippen molar-refractivity contribution in [2.75, 3.05) is 18.0 Å². The Kier molecular flexibility index (Phi) is 4.70. The first kappa shape index (κ1) is 19.0. The minimum absolute atomic E-state index is 0.0357. The van der Waals surface area contributed by atoms with Crippen molar-refractivity contribution in [2.24, 2.45) is 0 Å². The molecule has 1 aromatic rings. The molecule has 0 aliphatic carbocycles. The summed E-state index contributed by atoms with van der Waals surface area (Å²) in [5.74, 6) is -2.68. The van der Waals surface area contributed by atoms with Crippen LogP contribution in [0.4, 0.5) is 14.7 Å². The lowest BCUT2D eigenvalue weighted by Crippen LogP contribution is -2.58. The Morgan fingerprint density at radius 3 is 2.54 bits per heavy atom. The molecule has 1 N–H and O–H groups in total. The maximum atomic E-state index is 13.6. The van der Waals surface area contributed by atoms with Crippen molar-refractivity contribution in [3.05, 3.63) is 18.5 Å². The largest absolute Gasteiger partial charge is 0.335 e. The van der Waals surface area contributed by atoms with Gasteiger partial charge in [0.1, 0.15) is 6.04 Å². The summed E-state index contributed by atoms with van der Waals surface area (Å²) in [4.78, 5) is 24.5. The van der Waals surface area contributed by atoms with Crippen molar-refractivity contribution in [2.45, 2.75) is 68.6 Å². The van der Waals surface area contributed by atoms with Gasteiger partial charge in [-0.2, -0.15) is 5.26 Å². The van der Waals surface area contributed by atoms with Gasteiger partial charge in [-0.1, -0.05) is 0 Å². The number of hydrogen-bond donors (Lipinski definition) is 1. The van der Waals surface area contributed by atoms with Crippen molar-refractivity contribution in [1.29, 1.82) is 5.26 Å². The molecule has 3 aliphatic rings. The summed E-state index contributed by atoms with van der Waals surface area (Å²) >= 11 is 0. The van der Waals surface area contributed by atoms with Gasteiger partial charge >= 0.3 is 0 Å². The molecule has 3 saturated heterocycles. The molecule has 7 nitrogen and oxygen atoms in total. The molecule has 0 aromatic carbocycles. The van der Waals surface area contributed by atoms with E-state index in [1.807, 2.05) is 6.07 Å². The Hall–Kier alpha value is -2.34. The van der Waals surface area contributed by atoms with E-state index in [1.54, 1.807) is 18.5 Å². The number of amides is 1. The van der Waals surface area contributed by atoms with E-state index in [-0.39, 0.29) is 24.2 Å². The second-order valence-corrected chi connectivity index (χ2v) is 8.39. The standard InChI is InChI=1S/C19H24F2N6O/c1-18(25-11-16(28)26-12-19(20,21)9-15(26)10-22)7-13-3-4-14(8-18)27(13)17-23-5-2-6-24-17/h2,5-6,13-15,25H,3-4,7-9,11-12H2,1H3/t13-,14-,15?/m0/s1. The molecular weight excluding hydrogens is 366 g/mol. The molecule has 1 amide bonds. The van der Waals surface area contributed by atoms with Gasteiger partial charge < -0.3 is 15.1 Å². The Balaban J connectivity index is 1.39. The lowest BCUT2D eigenvalue weighted by Gasteiger charge is -2.45. The fourth-order valence-corrected chi connectivity index (χ4v) is 4.97. The third-order valence-corrected chi connectivity index (χ3v) is 6.18. The number of piperidine rings is 1. The van der Waals surface area contributed by atoms with Gasteiger partial charge in [0.15, 0.2) is 0 Å². The van der Waals surface area contributed by atoms with Gasteiger partial charge in [-0.15, -0.1) is 0 Å². The van der Waals surface area contributed by atoms with Crippen LogP contribution in [-0.4, -0.2) is 63.5 Å². The molecule has 9 heteroatoms. The summed E-state index contributed by atoms with van der Waals surface area (Å²) in [6.45, 7) is 1.37. The molecule has 0 saturated carbocycles. The normalized spacial score (nSPS) is 33.7. The van der Waals surface area contributed by atoms with E-state index in [0.717, 1.165) is 36.5 Å². The zero-order chi connectivity index (χ0) is 19.9. The monoisotopic (exact) mass is 390 g/mol. The smallest absolute Gasteiger partial charge is 0.268 e. The summed E-state index contributed by atoms with van der Waals surface area (Å²) in [6.07, 6.45) is 6.64. The van der Waals surface area contributed by atoms with Crippen LogP contribution in [0.3, 0.4) is 0 Å². The van der Waals surface area contributed by atoms with Crippen LogP contribution in [0.1, 0.15) is 39.0 Å². The molecular formula is C19H24F2N6O. The zero-order valence-electron chi connectivity index (χ0n) is 15.8. The zero-order valence-corrected chi connectivity index (χ0v) is 15.8. The number of fused-ring (bicyclic) bond motifs is 2. The number of carbonyl (C=O) groups excluding carboxylic acids is 1. The summed E-state index contributed by atoms with van der Waals surface area (Å²) in [5, 5.41) is 12.4. The molecule has 4 heterocycles. The van der Waals surface area contributed by atoms with Crippen LogP contribution >= 0.6 is 0 Å². The number of likely N-dealkylation sites (tertiary alicyclic amines) is 1. The first-order chi connectivity index (χ1) is 13.3. The number of carbonyl (C=O) groups is 1. The third kappa shape index (κ3) is 3.53. The van der Waals surface area contributed by atoms with Crippen LogP contribution in [-0.2, 0) is 4.79 Å². The maximum absolute atomic E-state index is 13.6. The van der Waals surface area contributed by atoms with Crippen molar-refractivity contribution in [1.82, 2.24) is 20.2 Å². The summed E-state index contributed by atoms with van der Waals surface area (Å²) in [7, 11) is 0. The van der Waals surface area contributed by atoms with Crippen LogP contribution in [0.15, 0.2) is 18.5 Å². The van der Waals surface area contributed by atoms with Crippen LogP contribution in [0.25, 0.3) is 0 Å². The molecule has 3 fully saturated rings. The first-order valence-corrected chi connectivity index (χ1v) is 9.68. The second kappa shape index (κ2) is 6.92. The minimum Gasteiger partial charge on any atom is -0.335 e. The number of alkyl halides is 2. The number of nitriles is 1. The molecule has 3 atom stereocenters. The highest BCUT2D eigenvalue weighted by Gasteiger charge is 2.49. The lowest BCUT2D eigenvalue weighted by molar-refractivity contribution is -0.132. The molecule has 150 valence electrons. The molecule has 28 heavy (non-hydrogen) atoms. The van der Waals surface area contributed by atoms with Gasteiger partial charge in [0.05, 0.1) is 19.2 Å². The van der Waals surface area contributed by atoms with E-state index < -0.39 is 30.8 Å². The summed E-state index contributed by atoms with van der Waals surface area (Å²) in [5.41, 5.74) is -0.267. The maximum Gasteiger partial charge on any atom is 0.268 e. The Labute approximate surface area is 162 Å². The first-order valence-electron chi connectivity index (χ1n) is 9.68. The predicted molar refractivity (Wildman–Crippen MR) is 97.6 cm³/mol. The average molecular weight is 390 g/mol. The topological polar surface area (TPSA) is 85.2 Å². The average Bonchev–Trinajstić information content (AvgIpc) is 3.14. The number of halogens is 2. The Bertz CT molecular complexity index is 768. The van der Waals surface area contributed by atoms with E-state index in [2.05, 4.69) is 27.1 Å².